The maximum Gasteiger partial charge on any atom is 0.229 e. The molecular formula is C15H14BrNO3S2. The third kappa shape index (κ3) is 5.15. The molecule has 0 aliphatic carbocycles. The molecule has 7 heteroatoms. The molecule has 2 aromatic rings. The fourth-order valence-electron chi connectivity index (χ4n) is 1.73. The van der Waals surface area contributed by atoms with Crippen LogP contribution in [0.1, 0.15) is 10.4 Å². The van der Waals surface area contributed by atoms with E-state index in [9.17, 15) is 13.2 Å². The molecular weight excluding hydrogens is 386 g/mol. The average Bonchev–Trinajstić information content (AvgIpc) is 2.45. The largest absolute Gasteiger partial charge is 0.293 e. The van der Waals surface area contributed by atoms with Crippen LogP contribution in [0.4, 0.5) is 5.69 Å². The zero-order valence-electron chi connectivity index (χ0n) is 11.7. The predicted octanol–water partition coefficient (Wildman–Crippen LogP) is 3.80. The second-order valence-electron chi connectivity index (χ2n) is 4.59. The molecule has 0 saturated carbocycles. The van der Waals surface area contributed by atoms with Crippen LogP contribution in [0.3, 0.4) is 0 Å². The van der Waals surface area contributed by atoms with Gasteiger partial charge in [0, 0.05) is 20.6 Å². The molecule has 0 bridgehead atoms. The summed E-state index contributed by atoms with van der Waals surface area (Å²) in [5.74, 6) is 0.313. The number of carbonyl (C=O) groups excluding carboxylic acids is 1. The van der Waals surface area contributed by atoms with Crippen molar-refractivity contribution in [3.05, 3.63) is 58.6 Å². The van der Waals surface area contributed by atoms with E-state index < -0.39 is 10.0 Å². The van der Waals surface area contributed by atoms with Crippen LogP contribution >= 0.6 is 27.7 Å². The summed E-state index contributed by atoms with van der Waals surface area (Å²) < 4.78 is 25.6. The molecule has 0 aliphatic rings. The Balaban J connectivity index is 2.00. The summed E-state index contributed by atoms with van der Waals surface area (Å²) in [6.07, 6.45) is 1.08. The number of thioether (sulfide) groups is 1. The molecule has 4 nitrogen and oxygen atoms in total. The van der Waals surface area contributed by atoms with Gasteiger partial charge in [0.15, 0.2) is 5.78 Å². The van der Waals surface area contributed by atoms with Gasteiger partial charge in [-0.2, -0.15) is 0 Å². The molecule has 0 aliphatic heterocycles. The maximum absolute atomic E-state index is 12.2. The lowest BCUT2D eigenvalue weighted by molar-refractivity contribution is 0.102. The number of hydrogen-bond donors (Lipinski definition) is 1. The highest BCUT2D eigenvalue weighted by molar-refractivity contribution is 9.10. The van der Waals surface area contributed by atoms with Gasteiger partial charge in [-0.15, -0.1) is 11.8 Å². The van der Waals surface area contributed by atoms with Crippen LogP contribution in [0.15, 0.2) is 57.9 Å². The van der Waals surface area contributed by atoms with Crippen LogP contribution in [0.2, 0.25) is 0 Å². The second kappa shape index (κ2) is 7.30. The minimum absolute atomic E-state index is 0.00772. The van der Waals surface area contributed by atoms with Gasteiger partial charge in [-0.05, 0) is 52.3 Å². The van der Waals surface area contributed by atoms with E-state index in [0.29, 0.717) is 17.0 Å². The van der Waals surface area contributed by atoms with Gasteiger partial charge < -0.3 is 0 Å². The molecule has 0 heterocycles. The summed E-state index contributed by atoms with van der Waals surface area (Å²) in [5, 5.41) is 0. The third-order valence-electron chi connectivity index (χ3n) is 2.71. The molecule has 0 amide bonds. The number of sulfonamides is 1. The molecule has 0 saturated heterocycles. The molecule has 0 spiro atoms. The predicted molar refractivity (Wildman–Crippen MR) is 94.1 cm³/mol. The lowest BCUT2D eigenvalue weighted by Gasteiger charge is -2.06. The SMILES string of the molecule is CS(=O)(=O)Nc1ccc(C(=O)CSc2ccccc2Br)cc1. The zero-order chi connectivity index (χ0) is 16.2. The van der Waals surface area contributed by atoms with Crippen molar-refractivity contribution >= 4 is 49.2 Å². The molecule has 0 unspecified atom stereocenters. The first kappa shape index (κ1) is 17.1. The number of hydrogen-bond acceptors (Lipinski definition) is 4. The van der Waals surface area contributed by atoms with Gasteiger partial charge in [-0.3, -0.25) is 9.52 Å². The molecule has 2 rings (SSSR count). The van der Waals surface area contributed by atoms with Gasteiger partial charge in [-0.25, -0.2) is 8.42 Å². The molecule has 2 aromatic carbocycles. The van der Waals surface area contributed by atoms with E-state index in [4.69, 9.17) is 0 Å². The van der Waals surface area contributed by atoms with E-state index in [1.54, 1.807) is 24.3 Å². The van der Waals surface area contributed by atoms with Crippen molar-refractivity contribution in [1.82, 2.24) is 0 Å². The van der Waals surface area contributed by atoms with Gasteiger partial charge in [0.2, 0.25) is 10.0 Å². The molecule has 0 aromatic heterocycles. The number of halogens is 1. The van der Waals surface area contributed by atoms with Crippen LogP contribution < -0.4 is 4.72 Å². The van der Waals surface area contributed by atoms with E-state index in [1.807, 2.05) is 24.3 Å². The maximum atomic E-state index is 12.2. The minimum atomic E-state index is -3.31. The molecule has 0 atom stereocenters. The van der Waals surface area contributed by atoms with Crippen LogP contribution in [0.25, 0.3) is 0 Å². The first-order valence-corrected chi connectivity index (χ1v) is 10.0. The third-order valence-corrected chi connectivity index (χ3v) is 5.34. The van der Waals surface area contributed by atoms with Crippen molar-refractivity contribution in [3.8, 4) is 0 Å². The number of carbonyl (C=O) groups is 1. The van der Waals surface area contributed by atoms with E-state index in [2.05, 4.69) is 20.7 Å². The summed E-state index contributed by atoms with van der Waals surface area (Å²) in [6, 6.07) is 14.1. The Morgan fingerprint density at radius 1 is 1.14 bits per heavy atom. The summed E-state index contributed by atoms with van der Waals surface area (Å²) in [4.78, 5) is 13.2. The fourth-order valence-corrected chi connectivity index (χ4v) is 3.75. The molecule has 1 N–H and O–H groups in total. The standard InChI is InChI=1S/C15H14BrNO3S2/c1-22(19,20)17-12-8-6-11(7-9-12)14(18)10-21-15-5-3-2-4-13(15)16/h2-9,17H,10H2,1H3. The number of benzene rings is 2. The lowest BCUT2D eigenvalue weighted by atomic mass is 10.1. The van der Waals surface area contributed by atoms with Gasteiger partial charge in [0.25, 0.3) is 0 Å². The number of anilines is 1. The molecule has 116 valence electrons. The van der Waals surface area contributed by atoms with Crippen LogP contribution in [0, 0.1) is 0 Å². The molecule has 22 heavy (non-hydrogen) atoms. The van der Waals surface area contributed by atoms with Crippen molar-refractivity contribution in [2.24, 2.45) is 0 Å². The van der Waals surface area contributed by atoms with E-state index in [1.165, 1.54) is 11.8 Å². The number of nitrogens with one attached hydrogen (secondary N) is 1. The van der Waals surface area contributed by atoms with Gasteiger partial charge in [0.05, 0.1) is 12.0 Å². The molecule has 0 radical (unpaired) electrons. The van der Waals surface area contributed by atoms with Gasteiger partial charge in [0.1, 0.15) is 0 Å². The zero-order valence-corrected chi connectivity index (χ0v) is 15.0. The Bertz CT molecular complexity index is 774. The van der Waals surface area contributed by atoms with E-state index in [0.717, 1.165) is 15.6 Å². The Labute approximate surface area is 142 Å². The number of Topliss-reactive ketones (excluding diaryl/α,β-unsaturated/α-hetero) is 1. The average molecular weight is 400 g/mol. The summed E-state index contributed by atoms with van der Waals surface area (Å²) in [7, 11) is -3.31. The van der Waals surface area contributed by atoms with Crippen molar-refractivity contribution in [2.75, 3.05) is 16.7 Å². The highest BCUT2D eigenvalue weighted by Gasteiger charge is 2.09. The highest BCUT2D eigenvalue weighted by atomic mass is 79.9. The Morgan fingerprint density at radius 3 is 2.36 bits per heavy atom. The van der Waals surface area contributed by atoms with Crippen molar-refractivity contribution < 1.29 is 13.2 Å². The van der Waals surface area contributed by atoms with Crippen molar-refractivity contribution in [2.45, 2.75) is 4.90 Å². The number of rotatable bonds is 6. The summed E-state index contributed by atoms with van der Waals surface area (Å²) in [5.41, 5.74) is 0.996. The fraction of sp³-hybridized carbons (Fsp3) is 0.133. The smallest absolute Gasteiger partial charge is 0.229 e. The van der Waals surface area contributed by atoms with Gasteiger partial charge >= 0.3 is 0 Å². The van der Waals surface area contributed by atoms with Crippen LogP contribution in [0.5, 0.6) is 0 Å². The van der Waals surface area contributed by atoms with Gasteiger partial charge in [-0.1, -0.05) is 12.1 Å². The topological polar surface area (TPSA) is 63.2 Å². The van der Waals surface area contributed by atoms with Crippen LogP contribution in [-0.2, 0) is 10.0 Å². The van der Waals surface area contributed by atoms with Crippen LogP contribution in [-0.4, -0.2) is 26.2 Å². The van der Waals surface area contributed by atoms with E-state index in [-0.39, 0.29) is 5.78 Å². The highest BCUT2D eigenvalue weighted by Crippen LogP contribution is 2.27. The molecule has 0 fully saturated rings. The normalized spacial score (nSPS) is 11.2. The minimum Gasteiger partial charge on any atom is -0.293 e. The van der Waals surface area contributed by atoms with Crippen molar-refractivity contribution in [3.63, 3.8) is 0 Å². The quantitative estimate of drug-likeness (QED) is 0.592. The van der Waals surface area contributed by atoms with E-state index >= 15 is 0 Å². The first-order valence-electron chi connectivity index (χ1n) is 6.33. The lowest BCUT2D eigenvalue weighted by Crippen LogP contribution is -2.10. The first-order chi connectivity index (χ1) is 10.3. The Morgan fingerprint density at radius 2 is 1.77 bits per heavy atom. The number of ketones is 1. The summed E-state index contributed by atoms with van der Waals surface area (Å²) >= 11 is 4.90. The van der Waals surface area contributed by atoms with Crippen molar-refractivity contribution in [1.29, 1.82) is 0 Å². The Kier molecular flexibility index (Phi) is 5.66. The monoisotopic (exact) mass is 399 g/mol. The Hall–Kier alpha value is -1.31. The summed E-state index contributed by atoms with van der Waals surface area (Å²) in [6.45, 7) is 0. The second-order valence-corrected chi connectivity index (χ2v) is 8.21.